The number of carboxylic acid groups (broad SMARTS) is 1. The van der Waals surface area contributed by atoms with E-state index in [9.17, 15) is 14.0 Å². The molecule has 1 aromatic carbocycles. The fourth-order valence-electron chi connectivity index (χ4n) is 1.87. The molecule has 0 saturated heterocycles. The van der Waals surface area contributed by atoms with Gasteiger partial charge in [0.15, 0.2) is 0 Å². The zero-order valence-corrected chi connectivity index (χ0v) is 11.8. The van der Waals surface area contributed by atoms with Crippen molar-refractivity contribution in [2.45, 2.75) is 39.8 Å². The Hall–Kier alpha value is -2.11. The summed E-state index contributed by atoms with van der Waals surface area (Å²) in [6, 6.07) is 1.83. The molecule has 20 heavy (non-hydrogen) atoms. The number of benzene rings is 1. The summed E-state index contributed by atoms with van der Waals surface area (Å²) >= 11 is 0. The predicted octanol–water partition coefficient (Wildman–Crippen LogP) is 2.10. The van der Waals surface area contributed by atoms with Gasteiger partial charge in [-0.15, -0.1) is 0 Å². The summed E-state index contributed by atoms with van der Waals surface area (Å²) in [5.41, 5.74) is 1.79. The van der Waals surface area contributed by atoms with Crippen LogP contribution in [0.25, 0.3) is 0 Å². The van der Waals surface area contributed by atoms with Gasteiger partial charge in [-0.2, -0.15) is 0 Å². The lowest BCUT2D eigenvalue weighted by Gasteiger charge is -2.13. The molecule has 0 radical (unpaired) electrons. The number of halogens is 1. The van der Waals surface area contributed by atoms with Crippen molar-refractivity contribution in [3.8, 4) is 0 Å². The topological polar surface area (TPSA) is 78.4 Å². The molecule has 0 saturated carbocycles. The summed E-state index contributed by atoms with van der Waals surface area (Å²) in [7, 11) is 0. The number of aliphatic carboxylic acids is 1. The van der Waals surface area contributed by atoms with Gasteiger partial charge in [0, 0.05) is 6.54 Å². The number of nitrogens with one attached hydrogen (secondary N) is 2. The molecule has 6 heteroatoms. The Morgan fingerprint density at radius 3 is 2.30 bits per heavy atom. The van der Waals surface area contributed by atoms with E-state index in [1.165, 1.54) is 0 Å². The van der Waals surface area contributed by atoms with Crippen molar-refractivity contribution in [3.05, 3.63) is 34.6 Å². The van der Waals surface area contributed by atoms with Crippen LogP contribution in [-0.4, -0.2) is 23.1 Å². The van der Waals surface area contributed by atoms with E-state index in [1.54, 1.807) is 32.9 Å². The Morgan fingerprint density at radius 2 is 1.85 bits per heavy atom. The molecular weight excluding hydrogens is 263 g/mol. The van der Waals surface area contributed by atoms with E-state index in [-0.39, 0.29) is 12.4 Å². The van der Waals surface area contributed by atoms with Crippen LogP contribution in [0.5, 0.6) is 0 Å². The van der Waals surface area contributed by atoms with E-state index >= 15 is 0 Å². The fourth-order valence-corrected chi connectivity index (χ4v) is 1.87. The summed E-state index contributed by atoms with van der Waals surface area (Å²) < 4.78 is 13.5. The number of rotatable bonds is 5. The van der Waals surface area contributed by atoms with E-state index in [4.69, 9.17) is 5.11 Å². The van der Waals surface area contributed by atoms with Gasteiger partial charge >= 0.3 is 12.0 Å². The smallest absolute Gasteiger partial charge is 0.326 e. The molecule has 0 unspecified atom stereocenters. The maximum Gasteiger partial charge on any atom is 0.326 e. The Kier molecular flexibility index (Phi) is 5.49. The number of carbonyl (C=O) groups is 2. The Balaban J connectivity index is 2.59. The average Bonchev–Trinajstić information content (AvgIpc) is 2.39. The third kappa shape index (κ3) is 4.22. The van der Waals surface area contributed by atoms with Gasteiger partial charge in [-0.25, -0.2) is 14.0 Å². The van der Waals surface area contributed by atoms with Crippen LogP contribution in [0.15, 0.2) is 12.1 Å². The molecule has 0 aliphatic carbocycles. The van der Waals surface area contributed by atoms with Gasteiger partial charge in [0.1, 0.15) is 11.9 Å². The van der Waals surface area contributed by atoms with Crippen molar-refractivity contribution in [3.63, 3.8) is 0 Å². The number of hydrogen-bond acceptors (Lipinski definition) is 2. The van der Waals surface area contributed by atoms with Gasteiger partial charge < -0.3 is 15.7 Å². The van der Waals surface area contributed by atoms with Crippen LogP contribution in [0.2, 0.25) is 0 Å². The standard InChI is InChI=1S/C14H19FN2O3/c1-4-11(13(18)19)17-14(20)16-7-10-5-8(2)12(15)9(3)6-10/h5-6,11H,4,7H2,1-3H3,(H,18,19)(H2,16,17,20)/t11-/m1/s1. The summed E-state index contributed by atoms with van der Waals surface area (Å²) in [5, 5.41) is 13.7. The highest BCUT2D eigenvalue weighted by Gasteiger charge is 2.17. The van der Waals surface area contributed by atoms with Crippen molar-refractivity contribution in [2.75, 3.05) is 0 Å². The lowest BCUT2D eigenvalue weighted by molar-refractivity contribution is -0.139. The maximum absolute atomic E-state index is 13.5. The third-order valence-electron chi connectivity index (χ3n) is 2.96. The molecule has 1 aromatic rings. The molecule has 110 valence electrons. The monoisotopic (exact) mass is 282 g/mol. The second-order valence-corrected chi connectivity index (χ2v) is 4.67. The van der Waals surface area contributed by atoms with Gasteiger partial charge in [0.25, 0.3) is 0 Å². The number of carbonyl (C=O) groups excluding carboxylic acids is 1. The highest BCUT2D eigenvalue weighted by atomic mass is 19.1. The normalized spacial score (nSPS) is 11.8. The van der Waals surface area contributed by atoms with Crippen LogP contribution in [0.3, 0.4) is 0 Å². The molecule has 1 rings (SSSR count). The lowest BCUT2D eigenvalue weighted by Crippen LogP contribution is -2.45. The summed E-state index contributed by atoms with van der Waals surface area (Å²) in [4.78, 5) is 22.4. The van der Waals surface area contributed by atoms with Crippen LogP contribution < -0.4 is 10.6 Å². The van der Waals surface area contributed by atoms with Gasteiger partial charge in [0.05, 0.1) is 0 Å². The van der Waals surface area contributed by atoms with Crippen LogP contribution >= 0.6 is 0 Å². The van der Waals surface area contributed by atoms with Crippen molar-refractivity contribution in [1.82, 2.24) is 10.6 Å². The van der Waals surface area contributed by atoms with E-state index in [0.29, 0.717) is 17.5 Å². The summed E-state index contributed by atoms with van der Waals surface area (Å²) in [6.45, 7) is 5.20. The third-order valence-corrected chi connectivity index (χ3v) is 2.96. The predicted molar refractivity (Wildman–Crippen MR) is 73.0 cm³/mol. The zero-order chi connectivity index (χ0) is 15.3. The van der Waals surface area contributed by atoms with E-state index in [1.807, 2.05) is 0 Å². The van der Waals surface area contributed by atoms with Crippen molar-refractivity contribution < 1.29 is 19.1 Å². The van der Waals surface area contributed by atoms with E-state index < -0.39 is 18.0 Å². The first kappa shape index (κ1) is 15.9. The second-order valence-electron chi connectivity index (χ2n) is 4.67. The number of amides is 2. The highest BCUT2D eigenvalue weighted by molar-refractivity contribution is 5.82. The van der Waals surface area contributed by atoms with Gasteiger partial charge in [-0.05, 0) is 37.0 Å². The largest absolute Gasteiger partial charge is 0.480 e. The first-order valence-corrected chi connectivity index (χ1v) is 6.38. The average molecular weight is 282 g/mol. The number of hydrogen-bond donors (Lipinski definition) is 3. The van der Waals surface area contributed by atoms with Crippen LogP contribution in [0, 0.1) is 19.7 Å². The summed E-state index contributed by atoms with van der Waals surface area (Å²) in [6.07, 6.45) is 0.303. The quantitative estimate of drug-likeness (QED) is 0.774. The maximum atomic E-state index is 13.5. The second kappa shape index (κ2) is 6.88. The fraction of sp³-hybridized carbons (Fsp3) is 0.429. The molecule has 0 aliphatic rings. The Labute approximate surface area is 117 Å². The highest BCUT2D eigenvalue weighted by Crippen LogP contribution is 2.14. The first-order valence-electron chi connectivity index (χ1n) is 6.38. The summed E-state index contributed by atoms with van der Waals surface area (Å²) in [5.74, 6) is -1.33. The molecule has 0 spiro atoms. The van der Waals surface area contributed by atoms with Crippen LogP contribution in [0.1, 0.15) is 30.0 Å². The molecule has 3 N–H and O–H groups in total. The first-order chi connectivity index (χ1) is 9.35. The minimum Gasteiger partial charge on any atom is -0.480 e. The SMILES string of the molecule is CC[C@@H](NC(=O)NCc1cc(C)c(F)c(C)c1)C(=O)O. The van der Waals surface area contributed by atoms with Gasteiger partial charge in [-0.1, -0.05) is 19.1 Å². The molecule has 0 aliphatic heterocycles. The molecular formula is C14H19FN2O3. The number of aryl methyl sites for hydroxylation is 2. The minimum atomic E-state index is -1.07. The minimum absolute atomic E-state index is 0.212. The van der Waals surface area contributed by atoms with E-state index in [2.05, 4.69) is 10.6 Å². The molecule has 0 heterocycles. The van der Waals surface area contributed by atoms with Crippen molar-refractivity contribution >= 4 is 12.0 Å². The molecule has 0 bridgehead atoms. The molecule has 5 nitrogen and oxygen atoms in total. The molecule has 2 amide bonds. The van der Waals surface area contributed by atoms with Crippen LogP contribution in [0.4, 0.5) is 9.18 Å². The van der Waals surface area contributed by atoms with Gasteiger partial charge in [-0.3, -0.25) is 0 Å². The van der Waals surface area contributed by atoms with Crippen LogP contribution in [-0.2, 0) is 11.3 Å². The number of carboxylic acids is 1. The molecule has 0 aromatic heterocycles. The van der Waals surface area contributed by atoms with E-state index in [0.717, 1.165) is 5.56 Å². The molecule has 1 atom stereocenters. The van der Waals surface area contributed by atoms with Crippen molar-refractivity contribution in [2.24, 2.45) is 0 Å². The Morgan fingerprint density at radius 1 is 1.30 bits per heavy atom. The number of urea groups is 1. The Bertz CT molecular complexity index is 494. The zero-order valence-electron chi connectivity index (χ0n) is 11.8. The van der Waals surface area contributed by atoms with Crippen molar-refractivity contribution in [1.29, 1.82) is 0 Å². The molecule has 0 fully saturated rings. The van der Waals surface area contributed by atoms with Gasteiger partial charge in [0.2, 0.25) is 0 Å². The lowest BCUT2D eigenvalue weighted by atomic mass is 10.1.